The minimum absolute atomic E-state index is 0.0434. The van der Waals surface area contributed by atoms with Crippen molar-refractivity contribution in [1.82, 2.24) is 0 Å². The molecule has 0 bridgehead atoms. The van der Waals surface area contributed by atoms with Crippen LogP contribution in [0.5, 0.6) is 0 Å². The summed E-state index contributed by atoms with van der Waals surface area (Å²) in [5.41, 5.74) is -1.14. The number of carbonyl (C=O) groups is 2. The van der Waals surface area contributed by atoms with Gasteiger partial charge in [0, 0.05) is 5.92 Å². The quantitative estimate of drug-likeness (QED) is 0.404. The normalized spacial score (nSPS) is 24.9. The molecule has 4 nitrogen and oxygen atoms in total. The highest BCUT2D eigenvalue weighted by atomic mass is 16.6. The largest absolute Gasteiger partial charge is 0.465 e. The Morgan fingerprint density at radius 3 is 1.88 bits per heavy atom. The molecule has 0 amide bonds. The Morgan fingerprint density at radius 2 is 1.65 bits per heavy atom. The van der Waals surface area contributed by atoms with Crippen LogP contribution < -0.4 is 0 Å². The molecule has 1 saturated carbocycles. The van der Waals surface area contributed by atoms with Crippen molar-refractivity contribution in [3.8, 4) is 0 Å². The zero-order chi connectivity index (χ0) is 13.1. The molecule has 0 aromatic rings. The van der Waals surface area contributed by atoms with Gasteiger partial charge >= 0.3 is 11.9 Å². The van der Waals surface area contributed by atoms with Crippen LogP contribution in [-0.2, 0) is 19.1 Å². The van der Waals surface area contributed by atoms with Gasteiger partial charge in [-0.05, 0) is 19.8 Å². The zero-order valence-corrected chi connectivity index (χ0v) is 10.7. The highest BCUT2D eigenvalue weighted by Gasteiger charge is 2.74. The van der Waals surface area contributed by atoms with Crippen molar-refractivity contribution >= 4 is 11.9 Å². The average Bonchev–Trinajstić information content (AvgIpc) is 2.98. The summed E-state index contributed by atoms with van der Waals surface area (Å²) in [4.78, 5) is 24.0. The lowest BCUT2D eigenvalue weighted by atomic mass is 10.0. The van der Waals surface area contributed by atoms with E-state index in [0.717, 1.165) is 6.42 Å². The van der Waals surface area contributed by atoms with E-state index in [1.165, 1.54) is 0 Å². The van der Waals surface area contributed by atoms with Crippen LogP contribution >= 0.6 is 0 Å². The minimum atomic E-state index is -1.14. The van der Waals surface area contributed by atoms with Crippen molar-refractivity contribution in [3.63, 3.8) is 0 Å². The molecule has 0 radical (unpaired) electrons. The van der Waals surface area contributed by atoms with Crippen molar-refractivity contribution in [2.24, 2.45) is 17.3 Å². The summed E-state index contributed by atoms with van der Waals surface area (Å²) in [6.07, 6.45) is 2.39. The highest BCUT2D eigenvalue weighted by Crippen LogP contribution is 2.62. The topological polar surface area (TPSA) is 52.6 Å². The number of allylic oxidation sites excluding steroid dienone is 1. The standard InChI is InChI=1S/C13H20O4/c1-5-9-10(6-2)13(9,11(14)16-7-3)12(15)17-8-4/h5,9-10H,1,6-8H2,2-4H3/t9-,10-/m0/s1. The molecule has 1 aliphatic carbocycles. The molecule has 1 rings (SSSR count). The maximum Gasteiger partial charge on any atom is 0.324 e. The molecule has 4 heteroatoms. The van der Waals surface area contributed by atoms with Crippen molar-refractivity contribution in [1.29, 1.82) is 0 Å². The SMILES string of the molecule is C=C[C@H]1[C@H](CC)C1(C(=O)OCC)C(=O)OCC. The number of hydrogen-bond donors (Lipinski definition) is 0. The van der Waals surface area contributed by atoms with E-state index in [2.05, 4.69) is 6.58 Å². The van der Waals surface area contributed by atoms with Gasteiger partial charge in [0.25, 0.3) is 0 Å². The van der Waals surface area contributed by atoms with E-state index in [4.69, 9.17) is 9.47 Å². The van der Waals surface area contributed by atoms with Gasteiger partial charge in [0.05, 0.1) is 13.2 Å². The Hall–Kier alpha value is -1.32. The summed E-state index contributed by atoms with van der Waals surface area (Å²) >= 11 is 0. The highest BCUT2D eigenvalue weighted by molar-refractivity contribution is 6.05. The van der Waals surface area contributed by atoms with Crippen LogP contribution in [0.2, 0.25) is 0 Å². The van der Waals surface area contributed by atoms with Gasteiger partial charge in [-0.1, -0.05) is 19.4 Å². The summed E-state index contributed by atoms with van der Waals surface area (Å²) in [5.74, 6) is -1.16. The Labute approximate surface area is 102 Å². The first kappa shape index (κ1) is 13.7. The summed E-state index contributed by atoms with van der Waals surface area (Å²) in [6, 6.07) is 0. The molecule has 0 aliphatic heterocycles. The lowest BCUT2D eigenvalue weighted by Crippen LogP contribution is -2.33. The lowest BCUT2D eigenvalue weighted by molar-refractivity contribution is -0.165. The monoisotopic (exact) mass is 240 g/mol. The fourth-order valence-corrected chi connectivity index (χ4v) is 2.57. The zero-order valence-electron chi connectivity index (χ0n) is 10.7. The molecular formula is C13H20O4. The van der Waals surface area contributed by atoms with Crippen molar-refractivity contribution in [2.75, 3.05) is 13.2 Å². The Bertz CT molecular complexity index is 303. The van der Waals surface area contributed by atoms with Gasteiger partial charge in [-0.25, -0.2) is 0 Å². The van der Waals surface area contributed by atoms with Gasteiger partial charge in [-0.2, -0.15) is 0 Å². The molecular weight excluding hydrogens is 220 g/mol. The van der Waals surface area contributed by atoms with E-state index >= 15 is 0 Å². The second-order valence-corrected chi connectivity index (χ2v) is 4.09. The van der Waals surface area contributed by atoms with E-state index in [0.29, 0.717) is 0 Å². The van der Waals surface area contributed by atoms with Crippen molar-refractivity contribution in [2.45, 2.75) is 27.2 Å². The van der Waals surface area contributed by atoms with Gasteiger partial charge in [0.15, 0.2) is 5.41 Å². The van der Waals surface area contributed by atoms with Crippen LogP contribution in [0.4, 0.5) is 0 Å². The molecule has 1 aliphatic rings. The fraction of sp³-hybridized carbons (Fsp3) is 0.692. The maximum absolute atomic E-state index is 12.0. The summed E-state index contributed by atoms with van der Waals surface area (Å²) in [5, 5.41) is 0. The number of hydrogen-bond acceptors (Lipinski definition) is 4. The number of carbonyl (C=O) groups excluding carboxylic acids is 2. The third kappa shape index (κ3) is 1.96. The number of ether oxygens (including phenoxy) is 2. The molecule has 96 valence electrons. The van der Waals surface area contributed by atoms with E-state index in [-0.39, 0.29) is 25.0 Å². The first-order valence-corrected chi connectivity index (χ1v) is 6.08. The van der Waals surface area contributed by atoms with Crippen LogP contribution in [0.1, 0.15) is 27.2 Å². The Balaban J connectivity index is 2.99. The molecule has 0 aromatic carbocycles. The molecule has 0 spiro atoms. The summed E-state index contributed by atoms with van der Waals surface area (Å²) < 4.78 is 10.0. The van der Waals surface area contributed by atoms with Gasteiger partial charge in [-0.3, -0.25) is 9.59 Å². The van der Waals surface area contributed by atoms with Crippen LogP contribution in [0, 0.1) is 17.3 Å². The average molecular weight is 240 g/mol. The van der Waals surface area contributed by atoms with Crippen LogP contribution in [0.15, 0.2) is 12.7 Å². The minimum Gasteiger partial charge on any atom is -0.465 e. The molecule has 0 N–H and O–H groups in total. The summed E-state index contributed by atoms with van der Waals surface area (Å²) in [7, 11) is 0. The molecule has 0 heterocycles. The van der Waals surface area contributed by atoms with E-state index in [9.17, 15) is 9.59 Å². The fourth-order valence-electron chi connectivity index (χ4n) is 2.57. The maximum atomic E-state index is 12.0. The molecule has 0 saturated heterocycles. The van der Waals surface area contributed by atoms with Gasteiger partial charge in [-0.15, -0.1) is 6.58 Å². The van der Waals surface area contributed by atoms with Crippen molar-refractivity contribution < 1.29 is 19.1 Å². The summed E-state index contributed by atoms with van der Waals surface area (Å²) in [6.45, 7) is 9.61. The van der Waals surface area contributed by atoms with Gasteiger partial charge < -0.3 is 9.47 Å². The third-order valence-corrected chi connectivity index (χ3v) is 3.36. The third-order valence-electron chi connectivity index (χ3n) is 3.36. The molecule has 0 aromatic heterocycles. The molecule has 17 heavy (non-hydrogen) atoms. The van der Waals surface area contributed by atoms with E-state index < -0.39 is 17.4 Å². The predicted octanol–water partition coefficient (Wildman–Crippen LogP) is 1.94. The Morgan fingerprint density at radius 1 is 1.18 bits per heavy atom. The van der Waals surface area contributed by atoms with Gasteiger partial charge in [0.2, 0.25) is 0 Å². The lowest BCUT2D eigenvalue weighted by Gasteiger charge is -2.14. The first-order chi connectivity index (χ1) is 8.10. The molecule has 0 unspecified atom stereocenters. The van der Waals surface area contributed by atoms with Gasteiger partial charge in [0.1, 0.15) is 0 Å². The smallest absolute Gasteiger partial charge is 0.324 e. The Kier molecular flexibility index (Phi) is 4.32. The second-order valence-electron chi connectivity index (χ2n) is 4.09. The van der Waals surface area contributed by atoms with Crippen LogP contribution in [0.3, 0.4) is 0 Å². The molecule has 2 atom stereocenters. The molecule has 1 fully saturated rings. The van der Waals surface area contributed by atoms with E-state index in [1.54, 1.807) is 19.9 Å². The van der Waals surface area contributed by atoms with Crippen molar-refractivity contribution in [3.05, 3.63) is 12.7 Å². The number of esters is 2. The van der Waals surface area contributed by atoms with E-state index in [1.807, 2.05) is 6.92 Å². The second kappa shape index (κ2) is 5.34. The first-order valence-electron chi connectivity index (χ1n) is 6.08. The van der Waals surface area contributed by atoms with Crippen LogP contribution in [0.25, 0.3) is 0 Å². The predicted molar refractivity (Wildman–Crippen MR) is 63.2 cm³/mol. The number of rotatable bonds is 6. The van der Waals surface area contributed by atoms with Crippen LogP contribution in [-0.4, -0.2) is 25.2 Å².